The van der Waals surface area contributed by atoms with Crippen LogP contribution in [0.2, 0.25) is 0 Å². The molecule has 0 radical (unpaired) electrons. The Labute approximate surface area is 110 Å². The molecule has 1 atom stereocenters. The summed E-state index contributed by atoms with van der Waals surface area (Å²) in [5.74, 6) is 1.73. The molecule has 0 spiro atoms. The Morgan fingerprint density at radius 2 is 2.28 bits per heavy atom. The molecule has 0 aromatic heterocycles. The summed E-state index contributed by atoms with van der Waals surface area (Å²) in [6.07, 6.45) is 2.66. The molecule has 100 valence electrons. The second-order valence-electron chi connectivity index (χ2n) is 5.34. The van der Waals surface area contributed by atoms with Crippen LogP contribution in [0.1, 0.15) is 18.4 Å². The molecule has 1 aliphatic heterocycles. The molecule has 0 aliphatic carbocycles. The Balaban J connectivity index is 1.88. The standard InChI is InChI=1S/C15H24N2O/c1-12-9-14(6-7-15(12)18-3)16-10-13-5-4-8-17(2)11-13/h6-7,9,13,16H,4-5,8,10-11H2,1-3H3. The number of nitrogens with zero attached hydrogens (tertiary/aromatic N) is 1. The number of likely N-dealkylation sites (tertiary alicyclic amines) is 1. The van der Waals surface area contributed by atoms with Crippen LogP contribution in [0.5, 0.6) is 5.75 Å². The molecule has 0 saturated carbocycles. The van der Waals surface area contributed by atoms with Gasteiger partial charge < -0.3 is 15.0 Å². The summed E-state index contributed by atoms with van der Waals surface area (Å²) in [4.78, 5) is 2.43. The average Bonchev–Trinajstić information content (AvgIpc) is 2.37. The number of ether oxygens (including phenoxy) is 1. The molecule has 1 unspecified atom stereocenters. The number of rotatable bonds is 4. The lowest BCUT2D eigenvalue weighted by molar-refractivity contribution is 0.217. The molecule has 1 aliphatic rings. The molecule has 3 nitrogen and oxygen atoms in total. The normalized spacial score (nSPS) is 20.7. The third-order valence-electron chi connectivity index (χ3n) is 3.71. The van der Waals surface area contributed by atoms with Gasteiger partial charge in [-0.05, 0) is 63.0 Å². The van der Waals surface area contributed by atoms with Crippen LogP contribution in [0.15, 0.2) is 18.2 Å². The number of anilines is 1. The highest BCUT2D eigenvalue weighted by Gasteiger charge is 2.16. The van der Waals surface area contributed by atoms with E-state index in [0.29, 0.717) is 0 Å². The third kappa shape index (κ3) is 3.39. The van der Waals surface area contributed by atoms with Gasteiger partial charge in [-0.3, -0.25) is 0 Å². The van der Waals surface area contributed by atoms with Crippen molar-refractivity contribution in [2.24, 2.45) is 5.92 Å². The smallest absolute Gasteiger partial charge is 0.121 e. The zero-order valence-electron chi connectivity index (χ0n) is 11.7. The summed E-state index contributed by atoms with van der Waals surface area (Å²) in [6.45, 7) is 5.61. The van der Waals surface area contributed by atoms with E-state index in [4.69, 9.17) is 4.74 Å². The van der Waals surface area contributed by atoms with Crippen molar-refractivity contribution >= 4 is 5.69 Å². The zero-order valence-corrected chi connectivity index (χ0v) is 11.7. The Kier molecular flexibility index (Phi) is 4.48. The van der Waals surface area contributed by atoms with Crippen molar-refractivity contribution < 1.29 is 4.74 Å². The molecule has 1 aromatic rings. The first-order chi connectivity index (χ1) is 8.69. The van der Waals surface area contributed by atoms with Crippen molar-refractivity contribution in [2.75, 3.05) is 39.1 Å². The van der Waals surface area contributed by atoms with E-state index in [-0.39, 0.29) is 0 Å². The molecule has 0 bridgehead atoms. The maximum atomic E-state index is 5.27. The number of nitrogens with one attached hydrogen (secondary N) is 1. The van der Waals surface area contributed by atoms with Gasteiger partial charge in [0.2, 0.25) is 0 Å². The lowest BCUT2D eigenvalue weighted by Crippen LogP contribution is -2.35. The summed E-state index contributed by atoms with van der Waals surface area (Å²) in [5.41, 5.74) is 2.38. The van der Waals surface area contributed by atoms with E-state index in [1.807, 2.05) is 6.07 Å². The lowest BCUT2D eigenvalue weighted by atomic mass is 9.98. The Bertz CT molecular complexity index is 392. The fourth-order valence-electron chi connectivity index (χ4n) is 2.69. The van der Waals surface area contributed by atoms with Gasteiger partial charge in [0, 0.05) is 18.8 Å². The molecule has 0 amide bonds. The maximum Gasteiger partial charge on any atom is 0.121 e. The van der Waals surface area contributed by atoms with Gasteiger partial charge in [-0.2, -0.15) is 0 Å². The van der Waals surface area contributed by atoms with E-state index in [0.717, 1.165) is 18.2 Å². The van der Waals surface area contributed by atoms with Gasteiger partial charge in [-0.1, -0.05) is 0 Å². The second-order valence-corrected chi connectivity index (χ2v) is 5.34. The number of benzene rings is 1. The molecule has 2 rings (SSSR count). The highest BCUT2D eigenvalue weighted by atomic mass is 16.5. The summed E-state index contributed by atoms with van der Waals surface area (Å²) < 4.78 is 5.27. The first-order valence-corrected chi connectivity index (χ1v) is 6.76. The summed E-state index contributed by atoms with van der Waals surface area (Å²) >= 11 is 0. The first-order valence-electron chi connectivity index (χ1n) is 6.76. The van der Waals surface area contributed by atoms with Crippen molar-refractivity contribution in [1.82, 2.24) is 4.90 Å². The summed E-state index contributed by atoms with van der Waals surface area (Å²) in [6, 6.07) is 6.29. The number of methoxy groups -OCH3 is 1. The molecular weight excluding hydrogens is 224 g/mol. The van der Waals surface area contributed by atoms with Gasteiger partial charge in [0.25, 0.3) is 0 Å². The predicted molar refractivity (Wildman–Crippen MR) is 76.4 cm³/mol. The van der Waals surface area contributed by atoms with E-state index in [1.54, 1.807) is 7.11 Å². The minimum atomic E-state index is 0.770. The number of hydrogen-bond donors (Lipinski definition) is 1. The van der Waals surface area contributed by atoms with Gasteiger partial charge in [-0.25, -0.2) is 0 Å². The van der Waals surface area contributed by atoms with Crippen molar-refractivity contribution in [2.45, 2.75) is 19.8 Å². The van der Waals surface area contributed by atoms with Crippen LogP contribution in [0.3, 0.4) is 0 Å². The van der Waals surface area contributed by atoms with Crippen LogP contribution < -0.4 is 10.1 Å². The maximum absolute atomic E-state index is 5.27. The molecule has 18 heavy (non-hydrogen) atoms. The third-order valence-corrected chi connectivity index (χ3v) is 3.71. The minimum Gasteiger partial charge on any atom is -0.496 e. The second kappa shape index (κ2) is 6.10. The van der Waals surface area contributed by atoms with E-state index in [2.05, 4.69) is 36.3 Å². The lowest BCUT2D eigenvalue weighted by Gasteiger charge is -2.30. The van der Waals surface area contributed by atoms with E-state index in [9.17, 15) is 0 Å². The average molecular weight is 248 g/mol. The van der Waals surface area contributed by atoms with Gasteiger partial charge >= 0.3 is 0 Å². The van der Waals surface area contributed by atoms with E-state index >= 15 is 0 Å². The van der Waals surface area contributed by atoms with E-state index < -0.39 is 0 Å². The first kappa shape index (κ1) is 13.2. The van der Waals surface area contributed by atoms with Gasteiger partial charge in [-0.15, -0.1) is 0 Å². The zero-order chi connectivity index (χ0) is 13.0. The van der Waals surface area contributed by atoms with Crippen LogP contribution in [-0.4, -0.2) is 38.7 Å². The molecule has 1 fully saturated rings. The monoisotopic (exact) mass is 248 g/mol. The van der Waals surface area contributed by atoms with Crippen molar-refractivity contribution in [3.8, 4) is 5.75 Å². The van der Waals surface area contributed by atoms with Crippen molar-refractivity contribution in [3.05, 3.63) is 23.8 Å². The topological polar surface area (TPSA) is 24.5 Å². The highest BCUT2D eigenvalue weighted by Crippen LogP contribution is 2.22. The van der Waals surface area contributed by atoms with Gasteiger partial charge in [0.05, 0.1) is 7.11 Å². The summed E-state index contributed by atoms with van der Waals surface area (Å²) in [5, 5.41) is 3.54. The Morgan fingerprint density at radius 1 is 1.44 bits per heavy atom. The van der Waals surface area contributed by atoms with Gasteiger partial charge in [0.1, 0.15) is 5.75 Å². The number of piperidine rings is 1. The van der Waals surface area contributed by atoms with Crippen LogP contribution in [0.25, 0.3) is 0 Å². The van der Waals surface area contributed by atoms with Crippen molar-refractivity contribution in [3.63, 3.8) is 0 Å². The van der Waals surface area contributed by atoms with E-state index in [1.165, 1.54) is 37.2 Å². The number of hydrogen-bond acceptors (Lipinski definition) is 3. The largest absolute Gasteiger partial charge is 0.496 e. The predicted octanol–water partition coefficient (Wildman–Crippen LogP) is 2.76. The van der Waals surface area contributed by atoms with Crippen LogP contribution in [0.4, 0.5) is 5.69 Å². The Morgan fingerprint density at radius 3 is 2.94 bits per heavy atom. The molecule has 1 aromatic carbocycles. The SMILES string of the molecule is COc1ccc(NCC2CCCN(C)C2)cc1C. The minimum absolute atomic E-state index is 0.770. The molecule has 3 heteroatoms. The Hall–Kier alpha value is -1.22. The number of aryl methyl sites for hydroxylation is 1. The quantitative estimate of drug-likeness (QED) is 0.886. The molecule has 1 saturated heterocycles. The van der Waals surface area contributed by atoms with Crippen LogP contribution in [0, 0.1) is 12.8 Å². The van der Waals surface area contributed by atoms with Crippen molar-refractivity contribution in [1.29, 1.82) is 0 Å². The fourth-order valence-corrected chi connectivity index (χ4v) is 2.69. The summed E-state index contributed by atoms with van der Waals surface area (Å²) in [7, 11) is 3.93. The fraction of sp³-hybridized carbons (Fsp3) is 0.600. The van der Waals surface area contributed by atoms with Gasteiger partial charge in [0.15, 0.2) is 0 Å². The highest BCUT2D eigenvalue weighted by molar-refractivity contribution is 5.50. The van der Waals surface area contributed by atoms with Crippen LogP contribution >= 0.6 is 0 Å². The molecule has 1 heterocycles. The molecular formula is C15H24N2O. The molecule has 1 N–H and O–H groups in total. The van der Waals surface area contributed by atoms with Crippen LogP contribution in [-0.2, 0) is 0 Å².